The fraction of sp³-hybridized carbons (Fsp3) is 0.385. The molecule has 0 fully saturated rings. The van der Waals surface area contributed by atoms with Gasteiger partial charge in [-0.25, -0.2) is 14.1 Å². The minimum absolute atomic E-state index is 0.284. The highest BCUT2D eigenvalue weighted by atomic mass is 35.5. The average Bonchev–Trinajstić information content (AvgIpc) is 2.82. The maximum Gasteiger partial charge on any atom is 0.164 e. The molecule has 1 aromatic carbocycles. The average molecular weight is 283 g/mol. The molecule has 0 unspecified atom stereocenters. The monoisotopic (exact) mass is 282 g/mol. The normalized spacial score (nSPS) is 10.9. The lowest BCUT2D eigenvalue weighted by molar-refractivity contribution is 0.578. The summed E-state index contributed by atoms with van der Waals surface area (Å²) in [6.45, 7) is 3.92. The van der Waals surface area contributed by atoms with Crippen molar-refractivity contribution in [2.24, 2.45) is 0 Å². The first kappa shape index (κ1) is 14.0. The molecule has 2 aromatic rings. The van der Waals surface area contributed by atoms with E-state index in [0.29, 0.717) is 23.0 Å². The quantitative estimate of drug-likeness (QED) is 0.828. The molecule has 0 amide bonds. The van der Waals surface area contributed by atoms with Gasteiger partial charge in [0, 0.05) is 10.6 Å². The summed E-state index contributed by atoms with van der Waals surface area (Å²) >= 11 is 5.97. The zero-order chi connectivity index (χ0) is 13.7. The summed E-state index contributed by atoms with van der Waals surface area (Å²) in [7, 11) is 0. The minimum Gasteiger partial charge on any atom is -0.310 e. The van der Waals surface area contributed by atoms with E-state index in [4.69, 9.17) is 11.6 Å². The van der Waals surface area contributed by atoms with Gasteiger partial charge >= 0.3 is 0 Å². The summed E-state index contributed by atoms with van der Waals surface area (Å²) in [5, 5.41) is 7.89. The van der Waals surface area contributed by atoms with Crippen LogP contribution in [0.3, 0.4) is 0 Å². The highest BCUT2D eigenvalue weighted by Gasteiger charge is 2.09. The van der Waals surface area contributed by atoms with Crippen molar-refractivity contribution >= 4 is 11.6 Å². The van der Waals surface area contributed by atoms with Crippen molar-refractivity contribution in [2.75, 3.05) is 6.54 Å². The molecular formula is C13H16ClFN4. The van der Waals surface area contributed by atoms with E-state index in [9.17, 15) is 4.39 Å². The largest absolute Gasteiger partial charge is 0.310 e. The number of nitrogens with zero attached hydrogens (tertiary/aromatic N) is 3. The van der Waals surface area contributed by atoms with E-state index in [1.165, 1.54) is 6.07 Å². The summed E-state index contributed by atoms with van der Waals surface area (Å²) in [5.74, 6) is 0.370. The van der Waals surface area contributed by atoms with Gasteiger partial charge in [0.2, 0.25) is 0 Å². The predicted octanol–water partition coefficient (Wildman–Crippen LogP) is 2.62. The molecule has 6 heteroatoms. The van der Waals surface area contributed by atoms with Crippen LogP contribution in [0, 0.1) is 5.82 Å². The van der Waals surface area contributed by atoms with Crippen LogP contribution in [-0.2, 0) is 13.1 Å². The lowest BCUT2D eigenvalue weighted by Gasteiger charge is -2.05. The molecule has 1 aromatic heterocycles. The van der Waals surface area contributed by atoms with E-state index in [0.717, 1.165) is 13.0 Å². The van der Waals surface area contributed by atoms with Gasteiger partial charge in [-0.05, 0) is 25.1 Å². The van der Waals surface area contributed by atoms with E-state index in [2.05, 4.69) is 22.3 Å². The highest BCUT2D eigenvalue weighted by molar-refractivity contribution is 6.31. The van der Waals surface area contributed by atoms with Gasteiger partial charge in [0.25, 0.3) is 0 Å². The second kappa shape index (κ2) is 6.63. The van der Waals surface area contributed by atoms with E-state index in [1.807, 2.05) is 0 Å². The number of aromatic nitrogens is 3. The third kappa shape index (κ3) is 3.75. The van der Waals surface area contributed by atoms with Crippen molar-refractivity contribution in [3.05, 3.63) is 46.8 Å². The Morgan fingerprint density at radius 3 is 3.00 bits per heavy atom. The zero-order valence-electron chi connectivity index (χ0n) is 10.7. The molecule has 0 aliphatic rings. The molecule has 0 bridgehead atoms. The molecule has 0 spiro atoms. The van der Waals surface area contributed by atoms with E-state index >= 15 is 0 Å². The topological polar surface area (TPSA) is 42.7 Å². The molecule has 0 aliphatic carbocycles. The molecule has 0 radical (unpaired) electrons. The van der Waals surface area contributed by atoms with Crippen molar-refractivity contribution in [1.29, 1.82) is 0 Å². The molecule has 19 heavy (non-hydrogen) atoms. The third-order valence-corrected chi connectivity index (χ3v) is 3.03. The van der Waals surface area contributed by atoms with Gasteiger partial charge in [0.15, 0.2) is 5.82 Å². The predicted molar refractivity (Wildman–Crippen MR) is 72.5 cm³/mol. The van der Waals surface area contributed by atoms with Gasteiger partial charge in [-0.2, -0.15) is 5.10 Å². The van der Waals surface area contributed by atoms with Crippen LogP contribution in [-0.4, -0.2) is 21.3 Å². The molecule has 2 rings (SSSR count). The van der Waals surface area contributed by atoms with Gasteiger partial charge in [-0.1, -0.05) is 24.6 Å². The van der Waals surface area contributed by atoms with Crippen LogP contribution < -0.4 is 5.32 Å². The first-order chi connectivity index (χ1) is 9.20. The molecule has 0 saturated heterocycles. The zero-order valence-corrected chi connectivity index (χ0v) is 11.5. The summed E-state index contributed by atoms with van der Waals surface area (Å²) in [6, 6.07) is 4.64. The highest BCUT2D eigenvalue weighted by Crippen LogP contribution is 2.19. The number of nitrogens with one attached hydrogen (secondary N) is 1. The van der Waals surface area contributed by atoms with Crippen molar-refractivity contribution in [1.82, 2.24) is 20.1 Å². The van der Waals surface area contributed by atoms with Crippen LogP contribution >= 0.6 is 11.6 Å². The lowest BCUT2D eigenvalue weighted by atomic mass is 10.2. The molecule has 1 N–H and O–H groups in total. The molecular weight excluding hydrogens is 267 g/mol. The van der Waals surface area contributed by atoms with Crippen LogP contribution in [0.5, 0.6) is 0 Å². The summed E-state index contributed by atoms with van der Waals surface area (Å²) in [6.07, 6.45) is 2.65. The first-order valence-corrected chi connectivity index (χ1v) is 6.60. The number of hydrogen-bond acceptors (Lipinski definition) is 3. The molecule has 102 valence electrons. The first-order valence-electron chi connectivity index (χ1n) is 6.22. The number of halogens is 2. The number of hydrogen-bond donors (Lipinski definition) is 1. The van der Waals surface area contributed by atoms with Crippen molar-refractivity contribution in [3.63, 3.8) is 0 Å². The van der Waals surface area contributed by atoms with Crippen LogP contribution in [0.25, 0.3) is 0 Å². The van der Waals surface area contributed by atoms with Crippen LogP contribution in [0.15, 0.2) is 24.5 Å². The SMILES string of the molecule is CCCNCc1ncn(Cc2c(F)cccc2Cl)n1. The van der Waals surface area contributed by atoms with Crippen LogP contribution in [0.4, 0.5) is 4.39 Å². The van der Waals surface area contributed by atoms with E-state index in [-0.39, 0.29) is 12.4 Å². The molecule has 0 aliphatic heterocycles. The maximum absolute atomic E-state index is 13.6. The standard InChI is InChI=1S/C13H16ClFN4/c1-2-6-16-7-13-17-9-19(18-13)8-10-11(14)4-3-5-12(10)15/h3-5,9,16H,2,6-8H2,1H3. The Kier molecular flexibility index (Phi) is 4.87. The summed E-state index contributed by atoms with van der Waals surface area (Å²) < 4.78 is 15.2. The Balaban J connectivity index is 2.03. The van der Waals surface area contributed by atoms with Crippen LogP contribution in [0.1, 0.15) is 24.7 Å². The van der Waals surface area contributed by atoms with Crippen molar-refractivity contribution < 1.29 is 4.39 Å². The van der Waals surface area contributed by atoms with Gasteiger partial charge in [-0.15, -0.1) is 0 Å². The Bertz CT molecular complexity index is 521. The fourth-order valence-corrected chi connectivity index (χ4v) is 1.94. The second-order valence-electron chi connectivity index (χ2n) is 4.24. The molecule has 0 atom stereocenters. The van der Waals surface area contributed by atoms with Gasteiger partial charge < -0.3 is 5.32 Å². The lowest BCUT2D eigenvalue weighted by Crippen LogP contribution is -2.15. The number of rotatable bonds is 6. The Hall–Kier alpha value is -1.46. The fourth-order valence-electron chi connectivity index (χ4n) is 1.71. The number of benzene rings is 1. The van der Waals surface area contributed by atoms with Gasteiger partial charge in [0.05, 0.1) is 13.1 Å². The molecule has 0 saturated carbocycles. The minimum atomic E-state index is -0.325. The summed E-state index contributed by atoms with van der Waals surface area (Å²) in [5.41, 5.74) is 0.433. The summed E-state index contributed by atoms with van der Waals surface area (Å²) in [4.78, 5) is 4.17. The van der Waals surface area contributed by atoms with E-state index in [1.54, 1.807) is 23.1 Å². The maximum atomic E-state index is 13.6. The molecule has 4 nitrogen and oxygen atoms in total. The van der Waals surface area contributed by atoms with Crippen molar-refractivity contribution in [3.8, 4) is 0 Å². The van der Waals surface area contributed by atoms with E-state index < -0.39 is 0 Å². The Morgan fingerprint density at radius 2 is 2.26 bits per heavy atom. The smallest absolute Gasteiger partial charge is 0.164 e. The van der Waals surface area contributed by atoms with Gasteiger partial charge in [-0.3, -0.25) is 0 Å². The van der Waals surface area contributed by atoms with Crippen molar-refractivity contribution in [2.45, 2.75) is 26.4 Å². The van der Waals surface area contributed by atoms with Gasteiger partial charge in [0.1, 0.15) is 12.1 Å². The Labute approximate surface area is 116 Å². The molecule has 1 heterocycles. The van der Waals surface area contributed by atoms with Crippen LogP contribution in [0.2, 0.25) is 5.02 Å². The second-order valence-corrected chi connectivity index (χ2v) is 4.64. The third-order valence-electron chi connectivity index (χ3n) is 2.68. The Morgan fingerprint density at radius 1 is 1.42 bits per heavy atom.